The first kappa shape index (κ1) is 14.2. The lowest BCUT2D eigenvalue weighted by atomic mass is 9.79. The maximum absolute atomic E-state index is 11.7. The summed E-state index contributed by atoms with van der Waals surface area (Å²) in [5.74, 6) is -0.294. The van der Waals surface area contributed by atoms with E-state index in [1.54, 1.807) is 37.3 Å². The minimum Gasteiger partial charge on any atom is -0.385 e. The number of nitrogens with two attached hydrogens (primary N) is 1. The van der Waals surface area contributed by atoms with Gasteiger partial charge in [0.1, 0.15) is 6.10 Å². The van der Waals surface area contributed by atoms with Crippen LogP contribution in [0.4, 0.5) is 0 Å². The summed E-state index contributed by atoms with van der Waals surface area (Å²) in [5, 5.41) is 10.2. The quantitative estimate of drug-likeness (QED) is 0.759. The van der Waals surface area contributed by atoms with Crippen molar-refractivity contribution in [2.24, 2.45) is 5.73 Å². The molecule has 0 aromatic carbocycles. The second-order valence-corrected chi connectivity index (χ2v) is 4.91. The van der Waals surface area contributed by atoms with Crippen molar-refractivity contribution in [3.05, 3.63) is 35.4 Å². The maximum Gasteiger partial charge on any atom is 0.184 e. The first-order valence-electron chi connectivity index (χ1n) is 5.65. The van der Waals surface area contributed by atoms with Gasteiger partial charge in [-0.2, -0.15) is 0 Å². The summed E-state index contributed by atoms with van der Waals surface area (Å²) >= 11 is 5.65. The fourth-order valence-electron chi connectivity index (χ4n) is 1.80. The fraction of sp³-hybridized carbons (Fsp3) is 0.462. The number of rotatable bonds is 3. The second-order valence-electron chi connectivity index (χ2n) is 4.31. The molecule has 0 bridgehead atoms. The van der Waals surface area contributed by atoms with Crippen LogP contribution in [-0.2, 0) is 4.79 Å². The van der Waals surface area contributed by atoms with Crippen molar-refractivity contribution in [1.29, 1.82) is 0 Å². The molecule has 1 aliphatic carbocycles. The van der Waals surface area contributed by atoms with Crippen molar-refractivity contribution in [3.63, 3.8) is 0 Å². The fourth-order valence-corrected chi connectivity index (χ4v) is 1.87. The van der Waals surface area contributed by atoms with E-state index in [-0.39, 0.29) is 5.78 Å². The van der Waals surface area contributed by atoms with Gasteiger partial charge in [0.15, 0.2) is 5.78 Å². The smallest absolute Gasteiger partial charge is 0.184 e. The van der Waals surface area contributed by atoms with Crippen LogP contribution >= 0.6 is 11.6 Å². The minimum atomic E-state index is -1.03. The normalized spacial score (nSPS) is 31.6. The number of Topliss-reactive ketones (excluding diaryl/α,β-unsaturated/α-hetero) is 1. The van der Waals surface area contributed by atoms with E-state index in [0.29, 0.717) is 17.9 Å². The van der Waals surface area contributed by atoms with E-state index in [4.69, 9.17) is 17.3 Å². The van der Waals surface area contributed by atoms with Crippen LogP contribution in [0.3, 0.4) is 0 Å². The molecule has 0 aromatic rings. The van der Waals surface area contributed by atoms with E-state index in [2.05, 4.69) is 0 Å². The maximum atomic E-state index is 11.7. The van der Waals surface area contributed by atoms with Gasteiger partial charge in [-0.15, -0.1) is 0 Å². The SMILES string of the molecule is C\C(Cl)=C/C=C\C=C\[C@]1(N)CCC[C@@H](O)C1=O. The summed E-state index contributed by atoms with van der Waals surface area (Å²) in [6.07, 6.45) is 9.56. The molecule has 1 saturated carbocycles. The van der Waals surface area contributed by atoms with Gasteiger partial charge in [0.2, 0.25) is 0 Å². The molecular weight excluding hydrogens is 238 g/mol. The van der Waals surface area contributed by atoms with E-state index in [1.165, 1.54) is 0 Å². The molecular formula is C13H18ClNO2. The summed E-state index contributed by atoms with van der Waals surface area (Å²) in [6, 6.07) is 0. The highest BCUT2D eigenvalue weighted by Crippen LogP contribution is 2.24. The molecule has 0 saturated heterocycles. The Bertz CT molecular complexity index is 370. The molecule has 17 heavy (non-hydrogen) atoms. The van der Waals surface area contributed by atoms with Gasteiger partial charge >= 0.3 is 0 Å². The molecule has 1 rings (SSSR count). The lowest BCUT2D eigenvalue weighted by molar-refractivity contribution is -0.133. The van der Waals surface area contributed by atoms with Crippen LogP contribution in [0, 0.1) is 0 Å². The van der Waals surface area contributed by atoms with E-state index in [0.717, 1.165) is 6.42 Å². The van der Waals surface area contributed by atoms with Crippen LogP contribution in [0.15, 0.2) is 35.4 Å². The lowest BCUT2D eigenvalue weighted by Gasteiger charge is -2.31. The van der Waals surface area contributed by atoms with E-state index >= 15 is 0 Å². The number of hydrogen-bond donors (Lipinski definition) is 2. The molecule has 0 heterocycles. The molecule has 0 aliphatic heterocycles. The Hall–Kier alpha value is -0.900. The molecule has 0 unspecified atom stereocenters. The Kier molecular flexibility index (Phi) is 5.12. The first-order chi connectivity index (χ1) is 7.96. The Balaban J connectivity index is 2.65. The van der Waals surface area contributed by atoms with Crippen LogP contribution in [0.5, 0.6) is 0 Å². The largest absolute Gasteiger partial charge is 0.385 e. The standard InChI is InChI=1S/C13H18ClNO2/c1-10(14)6-3-2-4-8-13(15)9-5-7-11(16)12(13)17/h2-4,6,8,11,16H,5,7,9,15H2,1H3/b3-2-,8-4+,10-6+/t11-,13+/m1/s1. The third-order valence-corrected chi connectivity index (χ3v) is 2.90. The van der Waals surface area contributed by atoms with Crippen LogP contribution in [0.1, 0.15) is 26.2 Å². The topological polar surface area (TPSA) is 63.3 Å². The van der Waals surface area contributed by atoms with Crippen LogP contribution in [0.25, 0.3) is 0 Å². The summed E-state index contributed by atoms with van der Waals surface area (Å²) in [6.45, 7) is 1.78. The summed E-state index contributed by atoms with van der Waals surface area (Å²) in [4.78, 5) is 11.7. The number of carbonyl (C=O) groups excluding carboxylic acids is 1. The number of aliphatic hydroxyl groups is 1. The summed E-state index contributed by atoms with van der Waals surface area (Å²) in [5.41, 5.74) is 4.94. The highest BCUT2D eigenvalue weighted by atomic mass is 35.5. The highest BCUT2D eigenvalue weighted by Gasteiger charge is 2.38. The average Bonchev–Trinajstić information content (AvgIpc) is 2.25. The molecule has 0 radical (unpaired) electrons. The lowest BCUT2D eigenvalue weighted by Crippen LogP contribution is -2.53. The molecule has 1 fully saturated rings. The van der Waals surface area contributed by atoms with Crippen LogP contribution < -0.4 is 5.73 Å². The van der Waals surface area contributed by atoms with Gasteiger partial charge in [0.25, 0.3) is 0 Å². The van der Waals surface area contributed by atoms with Crippen molar-refractivity contribution in [3.8, 4) is 0 Å². The molecule has 0 amide bonds. The van der Waals surface area contributed by atoms with Gasteiger partial charge in [0.05, 0.1) is 5.54 Å². The van der Waals surface area contributed by atoms with Crippen LogP contribution in [0.2, 0.25) is 0 Å². The van der Waals surface area contributed by atoms with Crippen molar-refractivity contribution >= 4 is 17.4 Å². The first-order valence-corrected chi connectivity index (χ1v) is 6.03. The predicted molar refractivity (Wildman–Crippen MR) is 69.7 cm³/mol. The van der Waals surface area contributed by atoms with Gasteiger partial charge in [-0.1, -0.05) is 35.9 Å². The second kappa shape index (κ2) is 6.15. The molecule has 0 aromatic heterocycles. The average molecular weight is 256 g/mol. The number of ketones is 1. The van der Waals surface area contributed by atoms with Gasteiger partial charge in [-0.3, -0.25) is 4.79 Å². The van der Waals surface area contributed by atoms with E-state index in [1.807, 2.05) is 0 Å². The van der Waals surface area contributed by atoms with Gasteiger partial charge in [-0.25, -0.2) is 0 Å². The van der Waals surface area contributed by atoms with Crippen molar-refractivity contribution in [2.75, 3.05) is 0 Å². The third kappa shape index (κ3) is 4.11. The minimum absolute atomic E-state index is 0.294. The molecule has 1 aliphatic rings. The zero-order valence-electron chi connectivity index (χ0n) is 9.90. The molecule has 3 nitrogen and oxygen atoms in total. The monoisotopic (exact) mass is 255 g/mol. The Morgan fingerprint density at radius 3 is 2.88 bits per heavy atom. The summed E-state index contributed by atoms with van der Waals surface area (Å²) < 4.78 is 0. The number of hydrogen-bond acceptors (Lipinski definition) is 3. The molecule has 3 N–H and O–H groups in total. The zero-order chi connectivity index (χ0) is 12.9. The number of allylic oxidation sites excluding steroid dienone is 5. The number of carbonyl (C=O) groups is 1. The Labute approximate surface area is 107 Å². The Morgan fingerprint density at radius 1 is 1.53 bits per heavy atom. The van der Waals surface area contributed by atoms with Crippen LogP contribution in [-0.4, -0.2) is 22.5 Å². The zero-order valence-corrected chi connectivity index (χ0v) is 10.7. The van der Waals surface area contributed by atoms with Gasteiger partial charge in [0, 0.05) is 5.03 Å². The molecule has 4 heteroatoms. The van der Waals surface area contributed by atoms with Gasteiger partial charge in [-0.05, 0) is 32.3 Å². The van der Waals surface area contributed by atoms with Crippen molar-refractivity contribution < 1.29 is 9.90 Å². The summed E-state index contributed by atoms with van der Waals surface area (Å²) in [7, 11) is 0. The molecule has 94 valence electrons. The highest BCUT2D eigenvalue weighted by molar-refractivity contribution is 6.29. The molecule has 0 spiro atoms. The Morgan fingerprint density at radius 2 is 2.24 bits per heavy atom. The third-order valence-electron chi connectivity index (χ3n) is 2.77. The van der Waals surface area contributed by atoms with Gasteiger partial charge < -0.3 is 10.8 Å². The van der Waals surface area contributed by atoms with Crippen molar-refractivity contribution in [2.45, 2.75) is 37.8 Å². The number of halogens is 1. The number of aliphatic hydroxyl groups excluding tert-OH is 1. The predicted octanol–water partition coefficient (Wildman–Crippen LogP) is 2.05. The molecule has 2 atom stereocenters. The van der Waals surface area contributed by atoms with E-state index < -0.39 is 11.6 Å². The van der Waals surface area contributed by atoms with E-state index in [9.17, 15) is 9.90 Å². The van der Waals surface area contributed by atoms with Crippen molar-refractivity contribution in [1.82, 2.24) is 0 Å².